The number of hydrogen-bond donors (Lipinski definition) is 4. The summed E-state index contributed by atoms with van der Waals surface area (Å²) in [6.07, 6.45) is -2.20. The smallest absolute Gasteiger partial charge is 0.319 e. The van der Waals surface area contributed by atoms with Gasteiger partial charge in [-0.1, -0.05) is 30.3 Å². The predicted octanol–water partition coefficient (Wildman–Crippen LogP) is 3.23. The molecular weight excluding hydrogens is 342 g/mol. The molecule has 0 saturated carbocycles. The lowest BCUT2D eigenvalue weighted by molar-refractivity contribution is 0.142. The first-order valence-corrected chi connectivity index (χ1v) is 8.05. The number of halogens is 2. The predicted molar refractivity (Wildman–Crippen MR) is 94.2 cm³/mol. The molecule has 1 aromatic heterocycles. The number of aromatic nitrogens is 2. The zero-order valence-electron chi connectivity index (χ0n) is 13.7. The molecule has 136 valence electrons. The van der Waals surface area contributed by atoms with Crippen LogP contribution in [0.1, 0.15) is 17.8 Å². The van der Waals surface area contributed by atoms with E-state index in [4.69, 9.17) is 0 Å². The van der Waals surface area contributed by atoms with E-state index in [0.717, 1.165) is 5.56 Å². The minimum atomic E-state index is -2.69. The number of carbonyl (C=O) groups excluding carboxylic acids is 1. The molecule has 0 radical (unpaired) electrons. The summed E-state index contributed by atoms with van der Waals surface area (Å²) in [5, 5.41) is 14.8. The van der Waals surface area contributed by atoms with Crippen molar-refractivity contribution >= 4 is 22.8 Å². The van der Waals surface area contributed by atoms with Crippen molar-refractivity contribution in [3.8, 4) is 0 Å². The second kappa shape index (κ2) is 7.92. The molecule has 4 N–H and O–H groups in total. The third-order valence-electron chi connectivity index (χ3n) is 3.85. The fourth-order valence-electron chi connectivity index (χ4n) is 2.62. The van der Waals surface area contributed by atoms with Crippen molar-refractivity contribution in [2.45, 2.75) is 18.9 Å². The number of nitrogens with one attached hydrogen (secondary N) is 3. The topological polar surface area (TPSA) is 90.0 Å². The SMILES string of the molecule is O=C(Nc1ccc2nc(C(F)F)[nH]c2c1)NC(CO)Cc1ccccc1. The van der Waals surface area contributed by atoms with Gasteiger partial charge in [-0.05, 0) is 30.2 Å². The number of anilines is 1. The lowest BCUT2D eigenvalue weighted by Gasteiger charge is -2.17. The lowest BCUT2D eigenvalue weighted by atomic mass is 10.1. The quantitative estimate of drug-likeness (QED) is 0.544. The zero-order valence-corrected chi connectivity index (χ0v) is 13.7. The average molecular weight is 360 g/mol. The Balaban J connectivity index is 1.64. The Bertz CT molecular complexity index is 883. The van der Waals surface area contributed by atoms with Crippen molar-refractivity contribution in [2.24, 2.45) is 0 Å². The van der Waals surface area contributed by atoms with Crippen LogP contribution in [0, 0.1) is 0 Å². The van der Waals surface area contributed by atoms with E-state index in [1.54, 1.807) is 12.1 Å². The highest BCUT2D eigenvalue weighted by Crippen LogP contribution is 2.22. The van der Waals surface area contributed by atoms with Crippen molar-refractivity contribution in [3.63, 3.8) is 0 Å². The minimum absolute atomic E-state index is 0.209. The number of amides is 2. The zero-order chi connectivity index (χ0) is 18.5. The Morgan fingerprint density at radius 2 is 1.96 bits per heavy atom. The lowest BCUT2D eigenvalue weighted by Crippen LogP contribution is -2.41. The van der Waals surface area contributed by atoms with Gasteiger partial charge < -0.3 is 20.7 Å². The number of aromatic amines is 1. The number of benzene rings is 2. The maximum atomic E-state index is 12.7. The molecule has 0 aliphatic rings. The molecule has 2 aromatic carbocycles. The molecule has 6 nitrogen and oxygen atoms in total. The van der Waals surface area contributed by atoms with E-state index in [-0.39, 0.29) is 6.61 Å². The summed E-state index contributed by atoms with van der Waals surface area (Å²) in [4.78, 5) is 18.4. The first-order valence-electron chi connectivity index (χ1n) is 8.05. The van der Waals surface area contributed by atoms with Gasteiger partial charge in [-0.2, -0.15) is 0 Å². The normalized spacial score (nSPS) is 12.3. The van der Waals surface area contributed by atoms with Gasteiger partial charge in [0.05, 0.1) is 23.7 Å². The number of aliphatic hydroxyl groups is 1. The van der Waals surface area contributed by atoms with Crippen molar-refractivity contribution < 1.29 is 18.7 Å². The van der Waals surface area contributed by atoms with Crippen LogP contribution in [0.5, 0.6) is 0 Å². The van der Waals surface area contributed by atoms with Gasteiger partial charge in [0.2, 0.25) is 0 Å². The van der Waals surface area contributed by atoms with Crippen LogP contribution in [0.25, 0.3) is 11.0 Å². The van der Waals surface area contributed by atoms with Gasteiger partial charge in [0, 0.05) is 5.69 Å². The summed E-state index contributed by atoms with van der Waals surface area (Å²) in [6.45, 7) is -0.209. The third-order valence-corrected chi connectivity index (χ3v) is 3.85. The number of nitrogens with zero attached hydrogens (tertiary/aromatic N) is 1. The number of alkyl halides is 2. The summed E-state index contributed by atoms with van der Waals surface area (Å²) in [7, 11) is 0. The molecule has 8 heteroatoms. The maximum absolute atomic E-state index is 12.7. The molecule has 0 aliphatic heterocycles. The van der Waals surface area contributed by atoms with E-state index in [9.17, 15) is 18.7 Å². The Morgan fingerprint density at radius 3 is 2.65 bits per heavy atom. The highest BCUT2D eigenvalue weighted by Gasteiger charge is 2.14. The van der Waals surface area contributed by atoms with Crippen LogP contribution in [0.15, 0.2) is 48.5 Å². The average Bonchev–Trinajstić information content (AvgIpc) is 3.05. The third kappa shape index (κ3) is 4.34. The van der Waals surface area contributed by atoms with E-state index in [2.05, 4.69) is 20.6 Å². The van der Waals surface area contributed by atoms with E-state index >= 15 is 0 Å². The van der Waals surface area contributed by atoms with Gasteiger partial charge in [0.25, 0.3) is 6.43 Å². The number of imidazole rings is 1. The largest absolute Gasteiger partial charge is 0.394 e. The summed E-state index contributed by atoms with van der Waals surface area (Å²) < 4.78 is 25.4. The molecule has 1 unspecified atom stereocenters. The van der Waals surface area contributed by atoms with Crippen molar-refractivity contribution in [2.75, 3.05) is 11.9 Å². The molecule has 0 fully saturated rings. The van der Waals surface area contributed by atoms with Gasteiger partial charge in [0.1, 0.15) is 0 Å². The fourth-order valence-corrected chi connectivity index (χ4v) is 2.62. The van der Waals surface area contributed by atoms with Crippen LogP contribution < -0.4 is 10.6 Å². The van der Waals surface area contributed by atoms with Gasteiger partial charge in [-0.25, -0.2) is 18.6 Å². The Hall–Kier alpha value is -3.00. The molecule has 26 heavy (non-hydrogen) atoms. The number of rotatable bonds is 6. The molecule has 1 atom stereocenters. The molecule has 1 heterocycles. The van der Waals surface area contributed by atoms with Crippen LogP contribution in [-0.2, 0) is 6.42 Å². The maximum Gasteiger partial charge on any atom is 0.319 e. The minimum Gasteiger partial charge on any atom is -0.394 e. The van der Waals surface area contributed by atoms with Crippen LogP contribution in [0.3, 0.4) is 0 Å². The van der Waals surface area contributed by atoms with Crippen molar-refractivity contribution in [3.05, 3.63) is 59.9 Å². The Kier molecular flexibility index (Phi) is 5.43. The molecule has 0 spiro atoms. The first kappa shape index (κ1) is 17.8. The number of H-pyrrole nitrogens is 1. The van der Waals surface area contributed by atoms with Crippen molar-refractivity contribution in [1.29, 1.82) is 0 Å². The molecule has 3 rings (SSSR count). The van der Waals surface area contributed by atoms with Gasteiger partial charge in [0.15, 0.2) is 5.82 Å². The summed E-state index contributed by atoms with van der Waals surface area (Å²) in [5.41, 5.74) is 2.21. The number of aliphatic hydroxyl groups excluding tert-OH is 1. The summed E-state index contributed by atoms with van der Waals surface area (Å²) >= 11 is 0. The Morgan fingerprint density at radius 1 is 1.19 bits per heavy atom. The van der Waals surface area contributed by atoms with E-state index in [1.807, 2.05) is 30.3 Å². The molecule has 3 aromatic rings. The van der Waals surface area contributed by atoms with Crippen LogP contribution in [0.2, 0.25) is 0 Å². The molecule has 0 saturated heterocycles. The van der Waals surface area contributed by atoms with E-state index in [1.165, 1.54) is 6.07 Å². The van der Waals surface area contributed by atoms with Gasteiger partial charge in [-0.15, -0.1) is 0 Å². The van der Waals surface area contributed by atoms with Crippen LogP contribution >= 0.6 is 0 Å². The summed E-state index contributed by atoms with van der Waals surface area (Å²) in [6, 6.07) is 13.2. The number of fused-ring (bicyclic) bond motifs is 1. The Labute approximate surface area is 148 Å². The fraction of sp³-hybridized carbons (Fsp3) is 0.222. The molecule has 0 aliphatic carbocycles. The number of hydrogen-bond acceptors (Lipinski definition) is 3. The molecule has 0 bridgehead atoms. The second-order valence-corrected chi connectivity index (χ2v) is 5.82. The number of carbonyl (C=O) groups is 1. The van der Waals surface area contributed by atoms with Gasteiger partial charge >= 0.3 is 6.03 Å². The van der Waals surface area contributed by atoms with Crippen molar-refractivity contribution in [1.82, 2.24) is 15.3 Å². The first-order chi connectivity index (χ1) is 12.5. The van der Waals surface area contributed by atoms with Crippen LogP contribution in [-0.4, -0.2) is 33.8 Å². The monoisotopic (exact) mass is 360 g/mol. The number of urea groups is 1. The highest BCUT2D eigenvalue weighted by atomic mass is 19.3. The van der Waals surface area contributed by atoms with Crippen LogP contribution in [0.4, 0.5) is 19.3 Å². The highest BCUT2D eigenvalue weighted by molar-refractivity contribution is 5.92. The summed E-state index contributed by atoms with van der Waals surface area (Å²) in [5.74, 6) is -0.412. The van der Waals surface area contributed by atoms with Gasteiger partial charge in [-0.3, -0.25) is 0 Å². The molecule has 2 amide bonds. The second-order valence-electron chi connectivity index (χ2n) is 5.82. The standard InChI is InChI=1S/C18H18F2N4O2/c19-16(20)17-23-14-7-6-12(9-15(14)24-17)21-18(26)22-13(10-25)8-11-4-2-1-3-5-11/h1-7,9,13,16,25H,8,10H2,(H,23,24)(H2,21,22,26). The molecular formula is C18H18F2N4O2. The van der Waals surface area contributed by atoms with E-state index < -0.39 is 24.3 Å². The van der Waals surface area contributed by atoms with E-state index in [0.29, 0.717) is 23.1 Å².